The molecule has 166 valence electrons. The minimum absolute atomic E-state index is 0. The monoisotopic (exact) mass is 438 g/mol. The lowest BCUT2D eigenvalue weighted by molar-refractivity contribution is -0.771. The van der Waals surface area contributed by atoms with E-state index in [-0.39, 0.29) is 41.6 Å². The van der Waals surface area contributed by atoms with Crippen molar-refractivity contribution in [3.8, 4) is 0 Å². The molecule has 1 aliphatic heterocycles. The molecule has 0 spiro atoms. The van der Waals surface area contributed by atoms with E-state index < -0.39 is 5.97 Å². The number of carbonyl (C=O) groups is 2. The second-order valence-electron chi connectivity index (χ2n) is 7.49. The lowest BCUT2D eigenvalue weighted by Gasteiger charge is -2.25. The Balaban J connectivity index is 0.00000450. The highest BCUT2D eigenvalue weighted by atomic mass is 35.5. The summed E-state index contributed by atoms with van der Waals surface area (Å²) >= 11 is 0. The molecule has 7 nitrogen and oxygen atoms in total. The summed E-state index contributed by atoms with van der Waals surface area (Å²) in [6, 6.07) is 7.57. The molecule has 1 atom stereocenters. The number of aliphatic carboxylic acids is 1. The molecule has 1 unspecified atom stereocenters. The number of hydrogen-bond donors (Lipinski definition) is 3. The van der Waals surface area contributed by atoms with Gasteiger partial charge in [-0.2, -0.15) is 4.99 Å². The number of nitrogens with zero attached hydrogens (tertiary/aromatic N) is 2. The van der Waals surface area contributed by atoms with E-state index in [9.17, 15) is 14.7 Å². The average molecular weight is 439 g/mol. The summed E-state index contributed by atoms with van der Waals surface area (Å²) in [4.78, 5) is 28.4. The number of carboxylic acids is 1. The summed E-state index contributed by atoms with van der Waals surface area (Å²) in [6.45, 7) is 2.77. The van der Waals surface area contributed by atoms with Gasteiger partial charge >= 0.3 is 5.97 Å². The van der Waals surface area contributed by atoms with Crippen LogP contribution in [0.4, 0.5) is 5.69 Å². The molecule has 1 aliphatic rings. The fourth-order valence-electron chi connectivity index (χ4n) is 3.45. The third kappa shape index (κ3) is 7.89. The maximum Gasteiger partial charge on any atom is 0.360 e. The second kappa shape index (κ2) is 13.2. The van der Waals surface area contributed by atoms with Crippen LogP contribution >= 0.6 is 12.4 Å². The molecule has 0 fully saturated rings. The smallest absolute Gasteiger partial charge is 0.360 e. The van der Waals surface area contributed by atoms with Crippen molar-refractivity contribution in [2.24, 2.45) is 4.99 Å². The Morgan fingerprint density at radius 1 is 1.10 bits per heavy atom. The predicted molar refractivity (Wildman–Crippen MR) is 121 cm³/mol. The van der Waals surface area contributed by atoms with Gasteiger partial charge in [0, 0.05) is 12.3 Å². The lowest BCUT2D eigenvalue weighted by Crippen LogP contribution is -2.44. The van der Waals surface area contributed by atoms with Crippen LogP contribution in [0.15, 0.2) is 41.2 Å². The molecule has 0 saturated heterocycles. The fraction of sp³-hybridized carbons (Fsp3) is 0.500. The molecule has 1 aromatic carbocycles. The standard InChI is InChI=1S/C22H31N3O4.ClH/c1-2-3-4-8-13-25(16-21(27)28)15-20(23-17-25)22(29)24-19-12-6-5-10-18(19)11-7-9-14-26;/h5-6,10,12,15,17,26H,2-4,7-9,11,13-14,16H2,1H3,(H-,24,27,28,29);1H/p+1. The molecule has 1 heterocycles. The zero-order chi connectivity index (χ0) is 21.1. The number of para-hydroxylation sites is 1. The number of benzene rings is 1. The zero-order valence-electron chi connectivity index (χ0n) is 17.5. The van der Waals surface area contributed by atoms with Crippen LogP contribution in [0, 0.1) is 0 Å². The number of halogens is 1. The number of carboxylic acid groups (broad SMARTS) is 1. The molecule has 0 aliphatic carbocycles. The van der Waals surface area contributed by atoms with Gasteiger partial charge in [0.1, 0.15) is 6.20 Å². The van der Waals surface area contributed by atoms with Crippen molar-refractivity contribution in [2.75, 3.05) is 25.0 Å². The van der Waals surface area contributed by atoms with E-state index in [4.69, 9.17) is 5.11 Å². The number of hydrogen-bond acceptors (Lipinski definition) is 4. The van der Waals surface area contributed by atoms with E-state index in [2.05, 4.69) is 17.2 Å². The Bertz CT molecular complexity index is 767. The third-order valence-corrected chi connectivity index (χ3v) is 5.02. The number of anilines is 1. The van der Waals surface area contributed by atoms with Crippen LogP contribution in [0.3, 0.4) is 0 Å². The van der Waals surface area contributed by atoms with Crippen molar-refractivity contribution in [3.63, 3.8) is 0 Å². The van der Waals surface area contributed by atoms with E-state index >= 15 is 0 Å². The normalized spacial score (nSPS) is 17.3. The first-order valence-corrected chi connectivity index (χ1v) is 10.4. The minimum Gasteiger partial charge on any atom is -0.477 e. The van der Waals surface area contributed by atoms with Gasteiger partial charge in [-0.3, -0.25) is 4.79 Å². The van der Waals surface area contributed by atoms with Crippen molar-refractivity contribution in [2.45, 2.75) is 51.9 Å². The quantitative estimate of drug-likeness (QED) is 0.323. The molecule has 1 amide bonds. The highest BCUT2D eigenvalue weighted by Gasteiger charge is 2.34. The predicted octanol–water partition coefficient (Wildman–Crippen LogP) is 3.73. The van der Waals surface area contributed by atoms with Gasteiger partial charge in [-0.1, -0.05) is 38.0 Å². The Hall–Kier alpha value is -2.22. The summed E-state index contributed by atoms with van der Waals surface area (Å²) < 4.78 is 0.0694. The fourth-order valence-corrected chi connectivity index (χ4v) is 3.45. The number of carbonyl (C=O) groups excluding carboxylic acids is 1. The Labute approximate surface area is 184 Å². The number of quaternary nitrogens is 1. The van der Waals surface area contributed by atoms with Gasteiger partial charge < -0.3 is 15.5 Å². The summed E-state index contributed by atoms with van der Waals surface area (Å²) in [5, 5.41) is 21.2. The minimum atomic E-state index is -0.918. The molecule has 0 bridgehead atoms. The average Bonchev–Trinajstić information content (AvgIpc) is 3.10. The van der Waals surface area contributed by atoms with Crippen LogP contribution in [-0.4, -0.2) is 52.6 Å². The van der Waals surface area contributed by atoms with Gasteiger partial charge in [0.25, 0.3) is 5.91 Å². The number of aliphatic hydroxyl groups excluding tert-OH is 1. The second-order valence-corrected chi connectivity index (χ2v) is 7.49. The van der Waals surface area contributed by atoms with Crippen molar-refractivity contribution in [1.82, 2.24) is 0 Å². The van der Waals surface area contributed by atoms with Crippen molar-refractivity contribution < 1.29 is 24.3 Å². The molecule has 30 heavy (non-hydrogen) atoms. The molecule has 0 radical (unpaired) electrons. The number of aliphatic imine (C=N–C) groups is 1. The topological polar surface area (TPSA) is 99.0 Å². The largest absolute Gasteiger partial charge is 0.477 e. The number of amides is 1. The Morgan fingerprint density at radius 3 is 2.57 bits per heavy atom. The van der Waals surface area contributed by atoms with Gasteiger partial charge in [0.2, 0.25) is 0 Å². The number of unbranched alkanes of at least 4 members (excludes halogenated alkanes) is 4. The SMILES string of the molecule is CCCCCC[N+]1(CC(=O)O)C=NC(C(=O)Nc2ccccc2CCCCO)=C1.Cl. The Morgan fingerprint density at radius 2 is 1.87 bits per heavy atom. The van der Waals surface area contributed by atoms with Gasteiger partial charge in [0.05, 0.1) is 6.54 Å². The summed E-state index contributed by atoms with van der Waals surface area (Å²) in [5.74, 6) is -1.26. The number of rotatable bonds is 13. The number of aryl methyl sites for hydroxylation is 1. The lowest BCUT2D eigenvalue weighted by atomic mass is 10.1. The van der Waals surface area contributed by atoms with E-state index in [1.165, 1.54) is 0 Å². The highest BCUT2D eigenvalue weighted by molar-refractivity contribution is 6.05. The zero-order valence-corrected chi connectivity index (χ0v) is 18.4. The summed E-state index contributed by atoms with van der Waals surface area (Å²) in [5.41, 5.74) is 1.97. The van der Waals surface area contributed by atoms with E-state index in [1.54, 1.807) is 12.5 Å². The maximum absolute atomic E-state index is 12.8. The maximum atomic E-state index is 12.8. The van der Waals surface area contributed by atoms with Gasteiger partial charge in [-0.05, 0) is 43.7 Å². The first-order valence-electron chi connectivity index (χ1n) is 10.4. The van der Waals surface area contributed by atoms with Gasteiger partial charge in [0.15, 0.2) is 18.6 Å². The Kier molecular flexibility index (Phi) is 11.3. The molecule has 8 heteroatoms. The van der Waals surface area contributed by atoms with Crippen LogP contribution in [0.1, 0.15) is 51.0 Å². The van der Waals surface area contributed by atoms with Crippen molar-refractivity contribution >= 4 is 36.3 Å². The number of nitrogens with one attached hydrogen (secondary N) is 1. The van der Waals surface area contributed by atoms with Gasteiger partial charge in [-0.15, -0.1) is 12.4 Å². The molecule has 0 saturated carbocycles. The first kappa shape index (κ1) is 25.8. The number of aliphatic hydroxyl groups is 1. The van der Waals surface area contributed by atoms with Crippen molar-refractivity contribution in [1.29, 1.82) is 0 Å². The molecule has 1 aromatic rings. The van der Waals surface area contributed by atoms with Crippen LogP contribution in [-0.2, 0) is 16.0 Å². The van der Waals surface area contributed by atoms with Crippen molar-refractivity contribution in [3.05, 3.63) is 41.7 Å². The highest BCUT2D eigenvalue weighted by Crippen LogP contribution is 2.22. The summed E-state index contributed by atoms with van der Waals surface area (Å²) in [6.07, 6.45) is 9.66. The molecule has 3 N–H and O–H groups in total. The van der Waals surface area contributed by atoms with Crippen LogP contribution in [0.5, 0.6) is 0 Å². The molecule has 2 rings (SSSR count). The van der Waals surface area contributed by atoms with E-state index in [0.717, 1.165) is 49.8 Å². The van der Waals surface area contributed by atoms with E-state index in [0.29, 0.717) is 13.0 Å². The van der Waals surface area contributed by atoms with Gasteiger partial charge in [-0.25, -0.2) is 9.28 Å². The molecular weight excluding hydrogens is 406 g/mol. The molecular formula is C22H33ClN3O4+. The summed E-state index contributed by atoms with van der Waals surface area (Å²) in [7, 11) is 0. The molecule has 0 aromatic heterocycles. The first-order chi connectivity index (χ1) is 14.0. The van der Waals surface area contributed by atoms with E-state index in [1.807, 2.05) is 24.3 Å². The van der Waals surface area contributed by atoms with Crippen LogP contribution in [0.2, 0.25) is 0 Å². The van der Waals surface area contributed by atoms with Crippen LogP contribution in [0.25, 0.3) is 0 Å². The van der Waals surface area contributed by atoms with Crippen LogP contribution < -0.4 is 5.32 Å². The third-order valence-electron chi connectivity index (χ3n) is 5.02.